The Hall–Kier alpha value is -1.14. The van der Waals surface area contributed by atoms with Crippen molar-refractivity contribution < 1.29 is 19.1 Å². The molecule has 0 radical (unpaired) electrons. The van der Waals surface area contributed by atoms with Crippen LogP contribution >= 0.6 is 0 Å². The fourth-order valence-electron chi connectivity index (χ4n) is 1.47. The third kappa shape index (κ3) is 10.5. The third-order valence-corrected chi connectivity index (χ3v) is 2.34. The Labute approximate surface area is 115 Å². The molecule has 0 aromatic carbocycles. The van der Waals surface area contributed by atoms with Crippen molar-refractivity contribution in [3.8, 4) is 0 Å². The van der Waals surface area contributed by atoms with Crippen LogP contribution in [0.4, 0.5) is 0 Å². The topological polar surface area (TPSA) is 67.9 Å². The zero-order valence-corrected chi connectivity index (χ0v) is 12.4. The van der Waals surface area contributed by atoms with Gasteiger partial charge in [-0.15, -0.1) is 0 Å². The van der Waals surface area contributed by atoms with Crippen LogP contribution in [-0.2, 0) is 19.1 Å². The minimum atomic E-state index is -0.358. The summed E-state index contributed by atoms with van der Waals surface area (Å²) in [6.07, 6.45) is 0. The quantitative estimate of drug-likeness (QED) is 0.462. The van der Waals surface area contributed by atoms with Crippen LogP contribution < -0.4 is 5.32 Å². The normalized spacial score (nSPS) is 10.8. The lowest BCUT2D eigenvalue weighted by molar-refractivity contribution is -0.148. The molecule has 0 spiro atoms. The van der Waals surface area contributed by atoms with Gasteiger partial charge in [-0.25, -0.2) is 4.79 Å². The molecule has 0 aromatic heterocycles. The van der Waals surface area contributed by atoms with Crippen molar-refractivity contribution in [2.75, 3.05) is 39.5 Å². The highest BCUT2D eigenvalue weighted by Crippen LogP contribution is 1.90. The maximum Gasteiger partial charge on any atom is 0.332 e. The first-order valence-electron chi connectivity index (χ1n) is 6.74. The van der Waals surface area contributed by atoms with Crippen molar-refractivity contribution in [2.45, 2.75) is 33.7 Å². The molecule has 0 aliphatic carbocycles. The van der Waals surface area contributed by atoms with E-state index in [0.29, 0.717) is 26.3 Å². The Morgan fingerprint density at radius 3 is 2.47 bits per heavy atom. The Morgan fingerprint density at radius 2 is 1.95 bits per heavy atom. The van der Waals surface area contributed by atoms with Gasteiger partial charge in [0.15, 0.2) is 0 Å². The first-order valence-corrected chi connectivity index (χ1v) is 6.74. The van der Waals surface area contributed by atoms with Gasteiger partial charge in [-0.05, 0) is 27.3 Å². The van der Waals surface area contributed by atoms with Crippen LogP contribution in [0.5, 0.6) is 0 Å². The maximum atomic E-state index is 11.6. The average molecular weight is 274 g/mol. The van der Waals surface area contributed by atoms with Crippen molar-refractivity contribution in [3.63, 3.8) is 0 Å². The zero-order chi connectivity index (χ0) is 14.7. The van der Waals surface area contributed by atoms with E-state index in [4.69, 9.17) is 9.47 Å². The van der Waals surface area contributed by atoms with E-state index in [-0.39, 0.29) is 24.5 Å². The van der Waals surface area contributed by atoms with E-state index in [1.165, 1.54) is 0 Å². The van der Waals surface area contributed by atoms with Gasteiger partial charge in [-0.1, -0.05) is 6.92 Å². The molecule has 0 bridgehead atoms. The molecule has 1 amide bonds. The van der Waals surface area contributed by atoms with Gasteiger partial charge in [0, 0.05) is 12.6 Å². The second kappa shape index (κ2) is 10.8. The van der Waals surface area contributed by atoms with Gasteiger partial charge in [0.2, 0.25) is 5.91 Å². The van der Waals surface area contributed by atoms with Crippen LogP contribution in [0.3, 0.4) is 0 Å². The summed E-state index contributed by atoms with van der Waals surface area (Å²) in [7, 11) is 0. The van der Waals surface area contributed by atoms with E-state index >= 15 is 0 Å². The highest BCUT2D eigenvalue weighted by atomic mass is 16.6. The van der Waals surface area contributed by atoms with E-state index in [9.17, 15) is 9.59 Å². The second-order valence-corrected chi connectivity index (χ2v) is 4.45. The summed E-state index contributed by atoms with van der Waals surface area (Å²) in [5.41, 5.74) is 0. The van der Waals surface area contributed by atoms with Crippen LogP contribution in [0, 0.1) is 0 Å². The highest BCUT2D eigenvalue weighted by molar-refractivity contribution is 5.78. The largest absolute Gasteiger partial charge is 0.464 e. The standard InChI is InChI=1S/C13H26N2O4/c1-5-15(9-12(16)14-11(3)4)7-8-18-10-13(17)19-6-2/h11H,5-10H2,1-4H3,(H,14,16). The molecule has 0 atom stereocenters. The van der Waals surface area contributed by atoms with E-state index in [2.05, 4.69) is 5.32 Å². The van der Waals surface area contributed by atoms with Crippen LogP contribution in [0.2, 0.25) is 0 Å². The van der Waals surface area contributed by atoms with Crippen molar-refractivity contribution in [2.24, 2.45) is 0 Å². The van der Waals surface area contributed by atoms with E-state index < -0.39 is 0 Å². The number of esters is 1. The molecule has 0 saturated heterocycles. The van der Waals surface area contributed by atoms with Crippen molar-refractivity contribution in [1.29, 1.82) is 0 Å². The Bertz CT molecular complexity index is 269. The number of ether oxygens (including phenoxy) is 2. The SMILES string of the molecule is CCOC(=O)COCCN(CC)CC(=O)NC(C)C. The first kappa shape index (κ1) is 17.9. The Balaban J connectivity index is 3.76. The number of likely N-dealkylation sites (N-methyl/N-ethyl adjacent to an activating group) is 1. The zero-order valence-electron chi connectivity index (χ0n) is 12.4. The Morgan fingerprint density at radius 1 is 1.26 bits per heavy atom. The fraction of sp³-hybridized carbons (Fsp3) is 0.846. The molecule has 1 N–H and O–H groups in total. The molecule has 0 heterocycles. The van der Waals surface area contributed by atoms with Crippen molar-refractivity contribution in [1.82, 2.24) is 10.2 Å². The first-order chi connectivity index (χ1) is 8.99. The van der Waals surface area contributed by atoms with Gasteiger partial charge < -0.3 is 14.8 Å². The molecule has 0 aromatic rings. The summed E-state index contributed by atoms with van der Waals surface area (Å²) in [4.78, 5) is 24.6. The molecule has 0 rings (SSSR count). The lowest BCUT2D eigenvalue weighted by atomic mass is 10.3. The minimum Gasteiger partial charge on any atom is -0.464 e. The molecule has 0 fully saturated rings. The van der Waals surface area contributed by atoms with Crippen molar-refractivity contribution >= 4 is 11.9 Å². The van der Waals surface area contributed by atoms with Gasteiger partial charge >= 0.3 is 5.97 Å². The van der Waals surface area contributed by atoms with E-state index in [1.54, 1.807) is 6.92 Å². The van der Waals surface area contributed by atoms with Crippen LogP contribution in [0.15, 0.2) is 0 Å². The van der Waals surface area contributed by atoms with E-state index in [0.717, 1.165) is 6.54 Å². The fourth-order valence-corrected chi connectivity index (χ4v) is 1.47. The average Bonchev–Trinajstić information content (AvgIpc) is 2.32. The lowest BCUT2D eigenvalue weighted by Gasteiger charge is -2.20. The van der Waals surface area contributed by atoms with Crippen LogP contribution in [0.1, 0.15) is 27.7 Å². The van der Waals surface area contributed by atoms with Gasteiger partial charge in [-0.2, -0.15) is 0 Å². The molecule has 19 heavy (non-hydrogen) atoms. The van der Waals surface area contributed by atoms with Crippen molar-refractivity contribution in [3.05, 3.63) is 0 Å². The third-order valence-electron chi connectivity index (χ3n) is 2.34. The summed E-state index contributed by atoms with van der Waals surface area (Å²) in [6.45, 7) is 10.0. The number of hydrogen-bond acceptors (Lipinski definition) is 5. The lowest BCUT2D eigenvalue weighted by Crippen LogP contribution is -2.41. The number of nitrogens with one attached hydrogen (secondary N) is 1. The molecule has 0 saturated carbocycles. The molecular weight excluding hydrogens is 248 g/mol. The van der Waals surface area contributed by atoms with Gasteiger partial charge in [0.1, 0.15) is 6.61 Å². The number of amides is 1. The number of rotatable bonds is 10. The minimum absolute atomic E-state index is 0.00208. The van der Waals surface area contributed by atoms with Gasteiger partial charge in [-0.3, -0.25) is 9.69 Å². The highest BCUT2D eigenvalue weighted by Gasteiger charge is 2.10. The summed E-state index contributed by atoms with van der Waals surface area (Å²) < 4.78 is 9.94. The summed E-state index contributed by atoms with van der Waals surface area (Å²) in [5, 5.41) is 2.84. The second-order valence-electron chi connectivity index (χ2n) is 4.45. The van der Waals surface area contributed by atoms with Gasteiger partial charge in [0.25, 0.3) is 0 Å². The monoisotopic (exact) mass is 274 g/mol. The Kier molecular flexibility index (Phi) is 10.1. The van der Waals surface area contributed by atoms with Crippen LogP contribution in [-0.4, -0.2) is 62.3 Å². The molecule has 0 unspecified atom stereocenters. The number of nitrogens with zero attached hydrogens (tertiary/aromatic N) is 1. The maximum absolute atomic E-state index is 11.6. The summed E-state index contributed by atoms with van der Waals surface area (Å²) in [5.74, 6) is -0.356. The number of carbonyl (C=O) groups is 2. The summed E-state index contributed by atoms with van der Waals surface area (Å²) >= 11 is 0. The molecular formula is C13H26N2O4. The predicted molar refractivity (Wildman–Crippen MR) is 72.8 cm³/mol. The summed E-state index contributed by atoms with van der Waals surface area (Å²) in [6, 6.07) is 0.145. The van der Waals surface area contributed by atoms with E-state index in [1.807, 2.05) is 25.7 Å². The molecule has 6 nitrogen and oxygen atoms in total. The predicted octanol–water partition coefficient (Wildman–Crippen LogP) is 0.413. The smallest absolute Gasteiger partial charge is 0.332 e. The molecule has 6 heteroatoms. The molecule has 0 aliphatic rings. The van der Waals surface area contributed by atoms with Crippen LogP contribution in [0.25, 0.3) is 0 Å². The van der Waals surface area contributed by atoms with Gasteiger partial charge in [0.05, 0.1) is 19.8 Å². The number of hydrogen-bond donors (Lipinski definition) is 1. The molecule has 112 valence electrons. The molecule has 0 aliphatic heterocycles. The number of carbonyl (C=O) groups excluding carboxylic acids is 2.